The first-order chi connectivity index (χ1) is 12.0. The Bertz CT molecular complexity index is 979. The topological polar surface area (TPSA) is 108 Å². The Morgan fingerprint density at radius 1 is 1.48 bits per heavy atom. The van der Waals surface area contributed by atoms with E-state index in [9.17, 15) is 10.1 Å². The molecular weight excluding hydrogens is 320 g/mol. The van der Waals surface area contributed by atoms with Gasteiger partial charge in [-0.3, -0.25) is 20.3 Å². The highest BCUT2D eigenvalue weighted by Crippen LogP contribution is 2.28. The SMILES string of the molecule is COc1cccc2[nH]cc(CC(=O)NNc3c(C#N)c(C)nn3C)c12. The molecule has 0 aliphatic rings. The van der Waals surface area contributed by atoms with Crippen molar-refractivity contribution >= 4 is 22.6 Å². The molecule has 128 valence electrons. The minimum absolute atomic E-state index is 0.159. The van der Waals surface area contributed by atoms with Gasteiger partial charge in [0.1, 0.15) is 17.4 Å². The molecule has 2 aromatic heterocycles. The van der Waals surface area contributed by atoms with Gasteiger partial charge < -0.3 is 9.72 Å². The van der Waals surface area contributed by atoms with Crippen LogP contribution in [0.15, 0.2) is 24.4 Å². The number of nitriles is 1. The zero-order chi connectivity index (χ0) is 18.0. The van der Waals surface area contributed by atoms with E-state index >= 15 is 0 Å². The molecular formula is C17H18N6O2. The molecule has 0 saturated carbocycles. The van der Waals surface area contributed by atoms with Gasteiger partial charge in [-0.15, -0.1) is 0 Å². The molecule has 0 unspecified atom stereocenters. The van der Waals surface area contributed by atoms with Crippen LogP contribution in [0.25, 0.3) is 10.9 Å². The number of hydrogen-bond donors (Lipinski definition) is 3. The molecule has 2 heterocycles. The van der Waals surface area contributed by atoms with Crippen molar-refractivity contribution < 1.29 is 9.53 Å². The van der Waals surface area contributed by atoms with E-state index in [0.717, 1.165) is 16.5 Å². The number of carbonyl (C=O) groups excluding carboxylic acids is 1. The lowest BCUT2D eigenvalue weighted by atomic mass is 10.1. The van der Waals surface area contributed by atoms with Gasteiger partial charge in [-0.25, -0.2) is 0 Å². The number of methoxy groups -OCH3 is 1. The summed E-state index contributed by atoms with van der Waals surface area (Å²) in [7, 11) is 3.30. The van der Waals surface area contributed by atoms with Crippen molar-refractivity contribution in [2.45, 2.75) is 13.3 Å². The summed E-state index contributed by atoms with van der Waals surface area (Å²) >= 11 is 0. The van der Waals surface area contributed by atoms with Crippen molar-refractivity contribution in [3.63, 3.8) is 0 Å². The number of aromatic amines is 1. The summed E-state index contributed by atoms with van der Waals surface area (Å²) in [5.74, 6) is 0.919. The number of nitrogens with zero attached hydrogens (tertiary/aromatic N) is 3. The van der Waals surface area contributed by atoms with E-state index in [1.54, 1.807) is 27.3 Å². The molecule has 0 spiro atoms. The van der Waals surface area contributed by atoms with E-state index in [0.29, 0.717) is 22.8 Å². The van der Waals surface area contributed by atoms with Crippen LogP contribution in [0.1, 0.15) is 16.8 Å². The van der Waals surface area contributed by atoms with Crippen LogP contribution in [0.3, 0.4) is 0 Å². The summed E-state index contributed by atoms with van der Waals surface area (Å²) in [5, 5.41) is 14.2. The number of nitrogens with one attached hydrogen (secondary N) is 3. The van der Waals surface area contributed by atoms with Gasteiger partial charge in [0.15, 0.2) is 5.82 Å². The van der Waals surface area contributed by atoms with E-state index < -0.39 is 0 Å². The Labute approximate surface area is 144 Å². The third kappa shape index (κ3) is 2.99. The van der Waals surface area contributed by atoms with Crippen LogP contribution in [0.5, 0.6) is 5.75 Å². The van der Waals surface area contributed by atoms with Gasteiger partial charge in [-0.2, -0.15) is 10.4 Å². The van der Waals surface area contributed by atoms with E-state index in [-0.39, 0.29) is 12.3 Å². The van der Waals surface area contributed by atoms with E-state index in [2.05, 4.69) is 27.0 Å². The maximum atomic E-state index is 12.3. The number of amides is 1. The zero-order valence-electron chi connectivity index (χ0n) is 14.2. The highest BCUT2D eigenvalue weighted by atomic mass is 16.5. The molecule has 0 bridgehead atoms. The van der Waals surface area contributed by atoms with E-state index in [1.165, 1.54) is 4.68 Å². The van der Waals surface area contributed by atoms with Gasteiger partial charge in [-0.1, -0.05) is 6.07 Å². The molecule has 0 radical (unpaired) electrons. The molecule has 25 heavy (non-hydrogen) atoms. The number of aryl methyl sites for hydroxylation is 2. The number of ether oxygens (including phenoxy) is 1. The molecule has 1 aromatic carbocycles. The van der Waals surface area contributed by atoms with E-state index in [1.807, 2.05) is 18.2 Å². The van der Waals surface area contributed by atoms with Crippen molar-refractivity contribution in [1.82, 2.24) is 20.2 Å². The Morgan fingerprint density at radius 3 is 3.00 bits per heavy atom. The van der Waals surface area contributed by atoms with Crippen molar-refractivity contribution in [3.8, 4) is 11.8 Å². The minimum atomic E-state index is -0.241. The predicted molar refractivity (Wildman–Crippen MR) is 93.0 cm³/mol. The molecule has 0 aliphatic heterocycles. The fraction of sp³-hybridized carbons (Fsp3) is 0.235. The van der Waals surface area contributed by atoms with Crippen molar-refractivity contribution in [2.75, 3.05) is 12.5 Å². The first kappa shape index (κ1) is 16.4. The number of benzene rings is 1. The van der Waals surface area contributed by atoms with Gasteiger partial charge in [0.2, 0.25) is 5.91 Å². The van der Waals surface area contributed by atoms with Crippen LogP contribution < -0.4 is 15.6 Å². The lowest BCUT2D eigenvalue weighted by Gasteiger charge is -2.09. The maximum Gasteiger partial charge on any atom is 0.242 e. The lowest BCUT2D eigenvalue weighted by Crippen LogP contribution is -2.32. The number of H-pyrrole nitrogens is 1. The number of hydrazine groups is 1. The van der Waals surface area contributed by atoms with Crippen LogP contribution in [0, 0.1) is 18.3 Å². The number of aromatic nitrogens is 3. The summed E-state index contributed by atoms with van der Waals surface area (Å²) in [6.45, 7) is 1.74. The maximum absolute atomic E-state index is 12.3. The number of rotatable bonds is 5. The third-order valence-electron chi connectivity index (χ3n) is 3.97. The first-order valence-corrected chi connectivity index (χ1v) is 7.66. The summed E-state index contributed by atoms with van der Waals surface area (Å²) in [5.41, 5.74) is 8.13. The van der Waals surface area contributed by atoms with Crippen molar-refractivity contribution in [2.24, 2.45) is 7.05 Å². The van der Waals surface area contributed by atoms with Gasteiger partial charge in [0, 0.05) is 24.1 Å². The van der Waals surface area contributed by atoms with Crippen LogP contribution >= 0.6 is 0 Å². The fourth-order valence-electron chi connectivity index (χ4n) is 2.81. The van der Waals surface area contributed by atoms with Gasteiger partial charge >= 0.3 is 0 Å². The van der Waals surface area contributed by atoms with Crippen molar-refractivity contribution in [3.05, 3.63) is 41.2 Å². The summed E-state index contributed by atoms with van der Waals surface area (Å²) in [6.07, 6.45) is 1.95. The molecule has 0 atom stereocenters. The lowest BCUT2D eigenvalue weighted by molar-refractivity contribution is -0.119. The van der Waals surface area contributed by atoms with E-state index in [4.69, 9.17) is 4.74 Å². The summed E-state index contributed by atoms with van der Waals surface area (Å²) in [6, 6.07) is 7.74. The van der Waals surface area contributed by atoms with Crippen LogP contribution in [-0.2, 0) is 18.3 Å². The monoisotopic (exact) mass is 338 g/mol. The highest BCUT2D eigenvalue weighted by Gasteiger charge is 2.15. The Kier molecular flexibility index (Phi) is 4.31. The van der Waals surface area contributed by atoms with Crippen molar-refractivity contribution in [1.29, 1.82) is 5.26 Å². The molecule has 3 rings (SSSR count). The minimum Gasteiger partial charge on any atom is -0.496 e. The van der Waals surface area contributed by atoms with Crippen LogP contribution in [0.2, 0.25) is 0 Å². The largest absolute Gasteiger partial charge is 0.496 e. The molecule has 8 heteroatoms. The van der Waals surface area contributed by atoms with Crippen LogP contribution in [-0.4, -0.2) is 27.8 Å². The first-order valence-electron chi connectivity index (χ1n) is 7.66. The third-order valence-corrected chi connectivity index (χ3v) is 3.97. The zero-order valence-corrected chi connectivity index (χ0v) is 14.2. The average Bonchev–Trinajstić information content (AvgIpc) is 3.12. The highest BCUT2D eigenvalue weighted by molar-refractivity contribution is 5.93. The molecule has 8 nitrogen and oxygen atoms in total. The standard InChI is InChI=1S/C17H18N6O2/c1-10-12(8-18)17(23(2)22-10)21-20-15(24)7-11-9-19-13-5-4-6-14(25-3)16(11)13/h4-6,9,19,21H,7H2,1-3H3,(H,20,24). The quantitative estimate of drug-likeness (QED) is 0.615. The molecule has 1 amide bonds. The molecule has 3 aromatic rings. The summed E-state index contributed by atoms with van der Waals surface area (Å²) in [4.78, 5) is 15.4. The second-order valence-corrected chi connectivity index (χ2v) is 5.59. The Hall–Kier alpha value is -3.47. The normalized spacial score (nSPS) is 10.5. The average molecular weight is 338 g/mol. The van der Waals surface area contributed by atoms with Gasteiger partial charge in [0.25, 0.3) is 0 Å². The second-order valence-electron chi connectivity index (χ2n) is 5.59. The summed E-state index contributed by atoms with van der Waals surface area (Å²) < 4.78 is 6.89. The second kappa shape index (κ2) is 6.57. The van der Waals surface area contributed by atoms with Crippen LogP contribution in [0.4, 0.5) is 5.82 Å². The number of hydrogen-bond acceptors (Lipinski definition) is 5. The number of carbonyl (C=O) groups is 1. The predicted octanol–water partition coefficient (Wildman–Crippen LogP) is 1.78. The van der Waals surface area contributed by atoms with Gasteiger partial charge in [-0.05, 0) is 24.6 Å². The number of fused-ring (bicyclic) bond motifs is 1. The Balaban J connectivity index is 1.75. The Morgan fingerprint density at radius 2 is 2.28 bits per heavy atom. The van der Waals surface area contributed by atoms with Gasteiger partial charge in [0.05, 0.1) is 19.2 Å². The molecule has 0 saturated heterocycles. The molecule has 0 fully saturated rings. The smallest absolute Gasteiger partial charge is 0.242 e. The molecule has 3 N–H and O–H groups in total. The fourth-order valence-corrected chi connectivity index (χ4v) is 2.81. The molecule has 0 aliphatic carbocycles. The number of anilines is 1.